The molecule has 3 heteroatoms. The van der Waals surface area contributed by atoms with E-state index < -0.39 is 0 Å². The molecule has 1 rings (SSSR count). The highest BCUT2D eigenvalue weighted by molar-refractivity contribution is 14.1. The van der Waals surface area contributed by atoms with E-state index in [1.54, 1.807) is 0 Å². The minimum Gasteiger partial charge on any atom is -0.447 e. The quantitative estimate of drug-likeness (QED) is 0.551. The molecule has 0 spiro atoms. The Morgan fingerprint density at radius 3 is 2.67 bits per heavy atom. The highest BCUT2D eigenvalue weighted by atomic mass is 127. The van der Waals surface area contributed by atoms with Gasteiger partial charge in [0, 0.05) is 0 Å². The zero-order valence-corrected chi connectivity index (χ0v) is 7.01. The van der Waals surface area contributed by atoms with Crippen molar-refractivity contribution in [2.24, 2.45) is 0 Å². The summed E-state index contributed by atoms with van der Waals surface area (Å²) < 4.78 is 5.74. The summed E-state index contributed by atoms with van der Waals surface area (Å²) in [6.45, 7) is 1.84. The van der Waals surface area contributed by atoms with Crippen LogP contribution >= 0.6 is 22.6 Å². The van der Waals surface area contributed by atoms with Gasteiger partial charge in [-0.2, -0.15) is 0 Å². The average Bonchev–Trinajstić information content (AvgIpc) is 2.10. The maximum atomic E-state index is 10.1. The lowest BCUT2D eigenvalue weighted by atomic mass is 10.3. The highest BCUT2D eigenvalue weighted by Gasteiger charge is 2.01. The smallest absolute Gasteiger partial charge is 0.185 e. The summed E-state index contributed by atoms with van der Waals surface area (Å²) in [4.78, 5) is 10.1. The third kappa shape index (κ3) is 1.32. The van der Waals surface area contributed by atoms with Gasteiger partial charge in [-0.1, -0.05) is 0 Å². The van der Waals surface area contributed by atoms with Crippen molar-refractivity contribution in [1.29, 1.82) is 0 Å². The van der Waals surface area contributed by atoms with Crippen LogP contribution in [0.1, 0.15) is 16.1 Å². The number of rotatable bonds is 1. The molecule has 1 heterocycles. The second kappa shape index (κ2) is 2.51. The van der Waals surface area contributed by atoms with E-state index in [1.165, 1.54) is 0 Å². The van der Waals surface area contributed by atoms with Crippen LogP contribution in [-0.4, -0.2) is 6.29 Å². The zero-order chi connectivity index (χ0) is 6.85. The van der Waals surface area contributed by atoms with E-state index in [4.69, 9.17) is 4.42 Å². The molecule has 1 aromatic rings. The van der Waals surface area contributed by atoms with E-state index in [0.29, 0.717) is 5.76 Å². The predicted molar refractivity (Wildman–Crippen MR) is 41.5 cm³/mol. The minimum absolute atomic E-state index is 0.430. The summed E-state index contributed by atoms with van der Waals surface area (Å²) in [6, 6.07) is 1.82. The molecule has 0 saturated carbocycles. The Bertz CT molecular complexity index is 227. The lowest BCUT2D eigenvalue weighted by Gasteiger charge is -1.78. The molecule has 0 atom stereocenters. The molecule has 2 nitrogen and oxygen atoms in total. The fourth-order valence-corrected chi connectivity index (χ4v) is 1.28. The van der Waals surface area contributed by atoms with Crippen LogP contribution in [0.3, 0.4) is 0 Å². The summed E-state index contributed by atoms with van der Waals surface area (Å²) in [5.74, 6) is 0.430. The largest absolute Gasteiger partial charge is 0.447 e. The minimum atomic E-state index is 0.430. The topological polar surface area (TPSA) is 30.2 Å². The van der Waals surface area contributed by atoms with Crippen molar-refractivity contribution in [1.82, 2.24) is 0 Å². The second-order valence-electron chi connectivity index (χ2n) is 1.72. The molecule has 0 aromatic carbocycles. The molecule has 0 unspecified atom stereocenters. The Morgan fingerprint density at radius 2 is 2.44 bits per heavy atom. The SMILES string of the molecule is Cc1cc(I)oc1C=O. The number of aldehydes is 1. The molecule has 0 aliphatic carbocycles. The Balaban J connectivity index is 3.15. The third-order valence-electron chi connectivity index (χ3n) is 1.03. The summed E-state index contributed by atoms with van der Waals surface area (Å²) in [7, 11) is 0. The number of furan rings is 1. The average molecular weight is 236 g/mol. The number of aryl methyl sites for hydroxylation is 1. The number of hydrogen-bond donors (Lipinski definition) is 0. The summed E-state index contributed by atoms with van der Waals surface area (Å²) in [5, 5.41) is 0. The van der Waals surface area contributed by atoms with Crippen molar-refractivity contribution in [3.05, 3.63) is 21.2 Å². The van der Waals surface area contributed by atoms with Crippen LogP contribution in [-0.2, 0) is 0 Å². The van der Waals surface area contributed by atoms with Crippen LogP contribution in [0.2, 0.25) is 0 Å². The first-order valence-corrected chi connectivity index (χ1v) is 3.53. The van der Waals surface area contributed by atoms with Gasteiger partial charge >= 0.3 is 0 Å². The highest BCUT2D eigenvalue weighted by Crippen LogP contribution is 2.13. The van der Waals surface area contributed by atoms with Crippen molar-refractivity contribution >= 4 is 28.9 Å². The first kappa shape index (κ1) is 6.80. The molecule has 0 aliphatic rings. The molecular formula is C6H5IO2. The van der Waals surface area contributed by atoms with Gasteiger partial charge in [0.15, 0.2) is 15.8 Å². The van der Waals surface area contributed by atoms with Gasteiger partial charge in [0.2, 0.25) is 0 Å². The van der Waals surface area contributed by atoms with Crippen molar-refractivity contribution in [3.63, 3.8) is 0 Å². The maximum absolute atomic E-state index is 10.1. The Labute approximate surface area is 66.4 Å². The Hall–Kier alpha value is -0.320. The van der Waals surface area contributed by atoms with Gasteiger partial charge in [0.25, 0.3) is 0 Å². The number of hydrogen-bond acceptors (Lipinski definition) is 2. The van der Waals surface area contributed by atoms with Gasteiger partial charge in [-0.15, -0.1) is 0 Å². The molecular weight excluding hydrogens is 231 g/mol. The fraction of sp³-hybridized carbons (Fsp3) is 0.167. The van der Waals surface area contributed by atoms with Crippen LogP contribution in [0, 0.1) is 10.7 Å². The van der Waals surface area contributed by atoms with E-state index in [9.17, 15) is 4.79 Å². The van der Waals surface area contributed by atoms with E-state index in [0.717, 1.165) is 15.6 Å². The fourth-order valence-electron chi connectivity index (χ4n) is 0.573. The van der Waals surface area contributed by atoms with Crippen molar-refractivity contribution in [3.8, 4) is 0 Å². The van der Waals surface area contributed by atoms with Gasteiger partial charge < -0.3 is 4.42 Å². The Morgan fingerprint density at radius 1 is 1.78 bits per heavy atom. The number of carbonyl (C=O) groups is 1. The van der Waals surface area contributed by atoms with E-state index >= 15 is 0 Å². The van der Waals surface area contributed by atoms with Crippen LogP contribution in [0.15, 0.2) is 10.5 Å². The van der Waals surface area contributed by atoms with Crippen molar-refractivity contribution < 1.29 is 9.21 Å². The summed E-state index contributed by atoms with van der Waals surface area (Å²) in [5.41, 5.74) is 0.898. The van der Waals surface area contributed by atoms with Crippen LogP contribution in [0.5, 0.6) is 0 Å². The molecule has 0 fully saturated rings. The number of halogens is 1. The summed E-state index contributed by atoms with van der Waals surface area (Å²) in [6.07, 6.45) is 0.720. The van der Waals surface area contributed by atoms with Crippen LogP contribution < -0.4 is 0 Å². The zero-order valence-electron chi connectivity index (χ0n) is 4.85. The second-order valence-corrected chi connectivity index (χ2v) is 2.78. The molecule has 0 saturated heterocycles. The molecule has 0 amide bonds. The normalized spacial score (nSPS) is 9.56. The molecule has 1 aromatic heterocycles. The van der Waals surface area contributed by atoms with Crippen LogP contribution in [0.4, 0.5) is 0 Å². The third-order valence-corrected chi connectivity index (χ3v) is 1.56. The monoisotopic (exact) mass is 236 g/mol. The maximum Gasteiger partial charge on any atom is 0.185 e. The molecule has 0 bridgehead atoms. The van der Waals surface area contributed by atoms with Gasteiger partial charge in [0.05, 0.1) is 0 Å². The molecule has 9 heavy (non-hydrogen) atoms. The Kier molecular flexibility index (Phi) is 1.90. The van der Waals surface area contributed by atoms with E-state index in [-0.39, 0.29) is 0 Å². The number of carbonyl (C=O) groups excluding carboxylic acids is 1. The lowest BCUT2D eigenvalue weighted by molar-refractivity contribution is 0.109. The van der Waals surface area contributed by atoms with Gasteiger partial charge in [0.1, 0.15) is 0 Å². The first-order chi connectivity index (χ1) is 4.24. The predicted octanol–water partition coefficient (Wildman–Crippen LogP) is 2.01. The van der Waals surface area contributed by atoms with Crippen molar-refractivity contribution in [2.45, 2.75) is 6.92 Å². The van der Waals surface area contributed by atoms with E-state index in [2.05, 4.69) is 0 Å². The first-order valence-electron chi connectivity index (χ1n) is 2.45. The standard InChI is InChI=1S/C6H5IO2/c1-4-2-6(7)9-5(4)3-8/h2-3H,1H3. The van der Waals surface area contributed by atoms with Crippen LogP contribution in [0.25, 0.3) is 0 Å². The van der Waals surface area contributed by atoms with Crippen molar-refractivity contribution in [2.75, 3.05) is 0 Å². The van der Waals surface area contributed by atoms with E-state index in [1.807, 2.05) is 35.6 Å². The van der Waals surface area contributed by atoms with Gasteiger partial charge in [-0.05, 0) is 41.1 Å². The summed E-state index contributed by atoms with van der Waals surface area (Å²) >= 11 is 2.02. The molecule has 0 N–H and O–H groups in total. The van der Waals surface area contributed by atoms with Gasteiger partial charge in [-0.25, -0.2) is 0 Å². The van der Waals surface area contributed by atoms with Gasteiger partial charge in [-0.3, -0.25) is 4.79 Å². The molecule has 0 radical (unpaired) electrons. The molecule has 0 aliphatic heterocycles. The molecule has 48 valence electrons. The lowest BCUT2D eigenvalue weighted by Crippen LogP contribution is -1.74.